The van der Waals surface area contributed by atoms with E-state index in [1.807, 2.05) is 4.57 Å². The number of aliphatic hydroxyl groups excluding tert-OH is 1. The van der Waals surface area contributed by atoms with Crippen molar-refractivity contribution in [3.8, 4) is 0 Å². The maximum atomic E-state index is 11.2. The lowest BCUT2D eigenvalue weighted by Gasteiger charge is -2.31. The van der Waals surface area contributed by atoms with Crippen LogP contribution in [0.2, 0.25) is 0 Å². The van der Waals surface area contributed by atoms with Crippen LogP contribution in [-0.4, -0.2) is 51.2 Å². The Hall–Kier alpha value is -1.92. The second kappa shape index (κ2) is 6.91. The maximum absolute atomic E-state index is 11.2. The van der Waals surface area contributed by atoms with Gasteiger partial charge in [-0.15, -0.1) is 0 Å². The number of amides is 1. The number of nitrogens with two attached hydrogens (primary N) is 1. The monoisotopic (exact) mass is 330 g/mol. The van der Waals surface area contributed by atoms with Crippen molar-refractivity contribution in [1.29, 1.82) is 0 Å². The first-order chi connectivity index (χ1) is 11.4. The summed E-state index contributed by atoms with van der Waals surface area (Å²) >= 11 is 0. The first-order valence-electron chi connectivity index (χ1n) is 8.56. The summed E-state index contributed by atoms with van der Waals surface area (Å²) in [5, 5.41) is 10.4. The van der Waals surface area contributed by atoms with Crippen LogP contribution in [0.3, 0.4) is 0 Å². The standard InChI is InChI=1S/C18H26N4O2/c1-12-7-16-17(8-13(12)2)22(11-20-16)10-15(23)9-21-5-3-14(4-6-21)18(19)24/h7-8,11,14-15,23H,3-6,9-10H2,1-2H3,(H2,19,24). The Balaban J connectivity index is 1.60. The molecule has 1 aliphatic heterocycles. The van der Waals surface area contributed by atoms with E-state index in [9.17, 15) is 9.90 Å². The molecule has 1 aromatic carbocycles. The van der Waals surface area contributed by atoms with E-state index in [-0.39, 0.29) is 11.8 Å². The lowest BCUT2D eigenvalue weighted by molar-refractivity contribution is -0.123. The predicted octanol–water partition coefficient (Wildman–Crippen LogP) is 1.21. The summed E-state index contributed by atoms with van der Waals surface area (Å²) in [6, 6.07) is 4.21. The molecule has 0 aliphatic carbocycles. The van der Waals surface area contributed by atoms with Crippen molar-refractivity contribution in [2.75, 3.05) is 19.6 Å². The number of hydrogen-bond donors (Lipinski definition) is 2. The van der Waals surface area contributed by atoms with Crippen molar-refractivity contribution in [2.24, 2.45) is 11.7 Å². The van der Waals surface area contributed by atoms with Crippen LogP contribution >= 0.6 is 0 Å². The average molecular weight is 330 g/mol. The number of likely N-dealkylation sites (tertiary alicyclic amines) is 1. The van der Waals surface area contributed by atoms with Crippen LogP contribution in [0.5, 0.6) is 0 Å². The molecule has 24 heavy (non-hydrogen) atoms. The van der Waals surface area contributed by atoms with Gasteiger partial charge in [-0.1, -0.05) is 0 Å². The molecule has 1 fully saturated rings. The molecule has 0 radical (unpaired) electrons. The summed E-state index contributed by atoms with van der Waals surface area (Å²) in [4.78, 5) is 17.9. The molecule has 0 spiro atoms. The lowest BCUT2D eigenvalue weighted by Crippen LogP contribution is -2.42. The highest BCUT2D eigenvalue weighted by Gasteiger charge is 2.24. The van der Waals surface area contributed by atoms with Gasteiger partial charge in [-0.3, -0.25) is 4.79 Å². The van der Waals surface area contributed by atoms with E-state index in [2.05, 4.69) is 35.9 Å². The molecule has 2 heterocycles. The van der Waals surface area contributed by atoms with Crippen LogP contribution in [0.4, 0.5) is 0 Å². The maximum Gasteiger partial charge on any atom is 0.220 e. The Morgan fingerprint density at radius 1 is 1.29 bits per heavy atom. The molecular formula is C18H26N4O2. The van der Waals surface area contributed by atoms with Crippen LogP contribution in [0, 0.1) is 19.8 Å². The first-order valence-corrected chi connectivity index (χ1v) is 8.56. The Morgan fingerprint density at radius 3 is 2.62 bits per heavy atom. The van der Waals surface area contributed by atoms with Crippen molar-refractivity contribution in [2.45, 2.75) is 39.3 Å². The van der Waals surface area contributed by atoms with Gasteiger partial charge in [0.1, 0.15) is 0 Å². The third-order valence-electron chi connectivity index (χ3n) is 5.10. The third kappa shape index (κ3) is 3.60. The highest BCUT2D eigenvalue weighted by Crippen LogP contribution is 2.20. The normalized spacial score (nSPS) is 18.1. The van der Waals surface area contributed by atoms with Gasteiger partial charge < -0.3 is 20.3 Å². The van der Waals surface area contributed by atoms with Crippen LogP contribution in [0.1, 0.15) is 24.0 Å². The molecule has 130 valence electrons. The number of aryl methyl sites for hydroxylation is 2. The van der Waals surface area contributed by atoms with Crippen LogP contribution in [0.15, 0.2) is 18.5 Å². The number of hydrogen-bond acceptors (Lipinski definition) is 4. The molecule has 1 atom stereocenters. The number of nitrogens with zero attached hydrogens (tertiary/aromatic N) is 3. The zero-order valence-electron chi connectivity index (χ0n) is 14.4. The van der Waals surface area contributed by atoms with Crippen molar-refractivity contribution in [1.82, 2.24) is 14.5 Å². The molecule has 1 aliphatic rings. The molecule has 6 nitrogen and oxygen atoms in total. The molecule has 1 aromatic heterocycles. The smallest absolute Gasteiger partial charge is 0.220 e. The van der Waals surface area contributed by atoms with Crippen LogP contribution in [0.25, 0.3) is 11.0 Å². The number of fused-ring (bicyclic) bond motifs is 1. The van der Waals surface area contributed by atoms with Gasteiger partial charge in [0, 0.05) is 12.5 Å². The highest BCUT2D eigenvalue weighted by atomic mass is 16.3. The zero-order chi connectivity index (χ0) is 17.3. The van der Waals surface area contributed by atoms with Gasteiger partial charge in [0.15, 0.2) is 0 Å². The van der Waals surface area contributed by atoms with Crippen molar-refractivity contribution >= 4 is 16.9 Å². The van der Waals surface area contributed by atoms with Crippen LogP contribution in [-0.2, 0) is 11.3 Å². The van der Waals surface area contributed by atoms with E-state index < -0.39 is 6.10 Å². The van der Waals surface area contributed by atoms with Gasteiger partial charge >= 0.3 is 0 Å². The molecule has 0 bridgehead atoms. The lowest BCUT2D eigenvalue weighted by atomic mass is 9.96. The Kier molecular flexibility index (Phi) is 4.87. The summed E-state index contributed by atoms with van der Waals surface area (Å²) in [5.74, 6) is -0.215. The van der Waals surface area contributed by atoms with Gasteiger partial charge in [-0.25, -0.2) is 4.98 Å². The Bertz CT molecular complexity index is 732. The number of aromatic nitrogens is 2. The number of carbonyl (C=O) groups is 1. The topological polar surface area (TPSA) is 84.4 Å². The Morgan fingerprint density at radius 2 is 1.96 bits per heavy atom. The fourth-order valence-corrected chi connectivity index (χ4v) is 3.44. The number of rotatable bonds is 5. The molecule has 3 rings (SSSR count). The van der Waals surface area contributed by atoms with Crippen molar-refractivity contribution in [3.63, 3.8) is 0 Å². The molecule has 2 aromatic rings. The molecule has 1 amide bonds. The number of aliphatic hydroxyl groups is 1. The number of primary amides is 1. The molecule has 1 unspecified atom stereocenters. The van der Waals surface area contributed by atoms with Crippen molar-refractivity contribution < 1.29 is 9.90 Å². The SMILES string of the molecule is Cc1cc2ncn(CC(O)CN3CCC(C(N)=O)CC3)c2cc1C. The summed E-state index contributed by atoms with van der Waals surface area (Å²) < 4.78 is 2.02. The van der Waals surface area contributed by atoms with Gasteiger partial charge in [-0.2, -0.15) is 0 Å². The zero-order valence-corrected chi connectivity index (χ0v) is 14.4. The van der Waals surface area contributed by atoms with E-state index in [1.54, 1.807) is 6.33 Å². The fourth-order valence-electron chi connectivity index (χ4n) is 3.44. The van der Waals surface area contributed by atoms with E-state index in [0.29, 0.717) is 13.1 Å². The molecule has 3 N–H and O–H groups in total. The number of piperidine rings is 1. The minimum atomic E-state index is -0.464. The van der Waals surface area contributed by atoms with Crippen molar-refractivity contribution in [3.05, 3.63) is 29.6 Å². The summed E-state index contributed by atoms with van der Waals surface area (Å²) in [5.41, 5.74) is 9.84. The number of benzene rings is 1. The first kappa shape index (κ1) is 16.9. The fraction of sp³-hybridized carbons (Fsp3) is 0.556. The molecule has 0 saturated carbocycles. The third-order valence-corrected chi connectivity index (χ3v) is 5.10. The molecular weight excluding hydrogens is 304 g/mol. The molecule has 6 heteroatoms. The quantitative estimate of drug-likeness (QED) is 0.863. The van der Waals surface area contributed by atoms with Crippen LogP contribution < -0.4 is 5.73 Å². The van der Waals surface area contributed by atoms with Gasteiger partial charge in [-0.05, 0) is 63.0 Å². The van der Waals surface area contributed by atoms with E-state index in [1.165, 1.54) is 11.1 Å². The van der Waals surface area contributed by atoms with E-state index >= 15 is 0 Å². The van der Waals surface area contributed by atoms with E-state index in [4.69, 9.17) is 5.73 Å². The molecule has 1 saturated heterocycles. The Labute approximate surface area is 142 Å². The summed E-state index contributed by atoms with van der Waals surface area (Å²) in [7, 11) is 0. The number of carbonyl (C=O) groups excluding carboxylic acids is 1. The largest absolute Gasteiger partial charge is 0.390 e. The second-order valence-electron chi connectivity index (χ2n) is 6.95. The van der Waals surface area contributed by atoms with E-state index in [0.717, 1.165) is 37.0 Å². The average Bonchev–Trinajstić information content (AvgIpc) is 2.90. The highest BCUT2D eigenvalue weighted by molar-refractivity contribution is 5.77. The summed E-state index contributed by atoms with van der Waals surface area (Å²) in [6.07, 6.45) is 2.91. The van der Waals surface area contributed by atoms with Gasteiger partial charge in [0.2, 0.25) is 5.91 Å². The minimum Gasteiger partial charge on any atom is -0.390 e. The predicted molar refractivity (Wildman–Crippen MR) is 93.6 cm³/mol. The van der Waals surface area contributed by atoms with Gasteiger partial charge in [0.25, 0.3) is 0 Å². The number of β-amino-alcohol motifs (C(OH)–C–C–N with tert-alkyl or cyclic N) is 1. The summed E-state index contributed by atoms with van der Waals surface area (Å²) in [6.45, 7) is 6.93. The van der Waals surface area contributed by atoms with Gasteiger partial charge in [0.05, 0.1) is 30.0 Å². The minimum absolute atomic E-state index is 0.0119. The second-order valence-corrected chi connectivity index (χ2v) is 6.95. The number of imidazole rings is 1.